The lowest BCUT2D eigenvalue weighted by Crippen LogP contribution is -1.96. The van der Waals surface area contributed by atoms with E-state index in [1.165, 1.54) is 98.7 Å². The van der Waals surface area contributed by atoms with Crippen LogP contribution in [0.15, 0.2) is 200 Å². The van der Waals surface area contributed by atoms with Gasteiger partial charge in [-0.1, -0.05) is 115 Å². The third-order valence-corrected chi connectivity index (χ3v) is 11.6. The van der Waals surface area contributed by atoms with Gasteiger partial charge in [-0.3, -0.25) is 0 Å². The molecular weight excluding hydrogens is 667 g/mol. The molecule has 0 bridgehead atoms. The molecule has 0 atom stereocenters. The zero-order valence-corrected chi connectivity index (χ0v) is 29.9. The predicted octanol–water partition coefficient (Wildman–Crippen LogP) is 13.8. The fourth-order valence-corrected chi connectivity index (χ4v) is 9.13. The molecule has 55 heavy (non-hydrogen) atoms. The van der Waals surface area contributed by atoms with Crippen molar-refractivity contribution in [3.05, 3.63) is 200 Å². The topological polar surface area (TPSA) is 14.8 Å². The Morgan fingerprint density at radius 3 is 1.20 bits per heavy atom. The minimum Gasteiger partial charge on any atom is -0.309 e. The molecule has 3 nitrogen and oxygen atoms in total. The lowest BCUT2D eigenvalue weighted by molar-refractivity contribution is 1.17. The van der Waals surface area contributed by atoms with Crippen LogP contribution in [0.1, 0.15) is 0 Å². The van der Waals surface area contributed by atoms with Crippen LogP contribution in [0, 0.1) is 0 Å². The number of hydrogen-bond acceptors (Lipinski definition) is 0. The quantitative estimate of drug-likeness (QED) is 0.174. The van der Waals surface area contributed by atoms with Crippen LogP contribution < -0.4 is 0 Å². The second-order valence-electron chi connectivity index (χ2n) is 14.6. The van der Waals surface area contributed by atoms with Crippen LogP contribution in [0.4, 0.5) is 0 Å². The van der Waals surface area contributed by atoms with E-state index in [2.05, 4.69) is 214 Å². The predicted molar refractivity (Wildman–Crippen MR) is 232 cm³/mol. The largest absolute Gasteiger partial charge is 0.309 e. The number of hydrogen-bond donors (Lipinski definition) is 0. The SMILES string of the molecule is c1ccc(-n2c3ccccc3c3cc(-c4ccc5c(c4)c4ccccc4n5-c4ccc5c(c4)c4ccccc4n5-c4ccc5ccccc5c4)ccc32)cc1. The number of aromatic nitrogens is 3. The first-order chi connectivity index (χ1) is 27.3. The van der Waals surface area contributed by atoms with E-state index in [0.717, 1.165) is 5.69 Å². The molecule has 256 valence electrons. The van der Waals surface area contributed by atoms with Crippen LogP contribution >= 0.6 is 0 Å². The molecule has 3 heterocycles. The highest BCUT2D eigenvalue weighted by atomic mass is 15.0. The maximum absolute atomic E-state index is 2.44. The summed E-state index contributed by atoms with van der Waals surface area (Å²) < 4.78 is 7.22. The van der Waals surface area contributed by atoms with Crippen molar-refractivity contribution in [1.29, 1.82) is 0 Å². The van der Waals surface area contributed by atoms with Gasteiger partial charge in [0.25, 0.3) is 0 Å². The van der Waals surface area contributed by atoms with E-state index in [-0.39, 0.29) is 0 Å². The van der Waals surface area contributed by atoms with Crippen molar-refractivity contribution < 1.29 is 0 Å². The molecule has 0 radical (unpaired) electrons. The molecule has 0 amide bonds. The first-order valence-electron chi connectivity index (χ1n) is 18.9. The van der Waals surface area contributed by atoms with Crippen LogP contribution in [0.5, 0.6) is 0 Å². The van der Waals surface area contributed by atoms with Gasteiger partial charge >= 0.3 is 0 Å². The smallest absolute Gasteiger partial charge is 0.0542 e. The fourth-order valence-electron chi connectivity index (χ4n) is 9.13. The van der Waals surface area contributed by atoms with E-state index in [1.54, 1.807) is 0 Å². The third kappa shape index (κ3) is 4.44. The Balaban J connectivity index is 1.03. The van der Waals surface area contributed by atoms with Crippen LogP contribution in [0.3, 0.4) is 0 Å². The Hall–Kier alpha value is -7.36. The summed E-state index contributed by atoms with van der Waals surface area (Å²) in [5.74, 6) is 0. The summed E-state index contributed by atoms with van der Waals surface area (Å²) >= 11 is 0. The van der Waals surface area contributed by atoms with E-state index < -0.39 is 0 Å². The lowest BCUT2D eigenvalue weighted by Gasteiger charge is -2.11. The molecule has 0 aliphatic heterocycles. The second-order valence-corrected chi connectivity index (χ2v) is 14.6. The molecule has 0 spiro atoms. The summed E-state index contributed by atoms with van der Waals surface area (Å²) in [5.41, 5.74) is 13.2. The van der Waals surface area contributed by atoms with Crippen LogP contribution in [0.25, 0.3) is 104 Å². The molecule has 0 saturated heterocycles. The number of rotatable bonds is 4. The molecule has 0 aliphatic rings. The molecule has 3 aromatic heterocycles. The Kier molecular flexibility index (Phi) is 6.34. The van der Waals surface area contributed by atoms with Gasteiger partial charge in [-0.15, -0.1) is 0 Å². The molecule has 9 aromatic carbocycles. The first kappa shape index (κ1) is 30.1. The summed E-state index contributed by atoms with van der Waals surface area (Å²) in [7, 11) is 0. The summed E-state index contributed by atoms with van der Waals surface area (Å²) in [6, 6.07) is 73.3. The van der Waals surface area contributed by atoms with Gasteiger partial charge in [-0.2, -0.15) is 0 Å². The molecule has 12 aromatic rings. The van der Waals surface area contributed by atoms with Gasteiger partial charge < -0.3 is 13.7 Å². The summed E-state index contributed by atoms with van der Waals surface area (Å²) in [5, 5.41) is 10.0. The average Bonchev–Trinajstić information content (AvgIpc) is 3.89. The zero-order chi connectivity index (χ0) is 36.0. The number of benzene rings is 9. The molecule has 3 heteroatoms. The van der Waals surface area contributed by atoms with Crippen molar-refractivity contribution in [2.75, 3.05) is 0 Å². The number of fused-ring (bicyclic) bond motifs is 10. The molecule has 0 fully saturated rings. The maximum Gasteiger partial charge on any atom is 0.0542 e. The van der Waals surface area contributed by atoms with Crippen LogP contribution in [-0.2, 0) is 0 Å². The molecule has 0 saturated carbocycles. The van der Waals surface area contributed by atoms with Gasteiger partial charge in [-0.05, 0) is 107 Å². The zero-order valence-electron chi connectivity index (χ0n) is 29.9. The standard InChI is InChI=1S/C52H33N3/c1-2-14-38(15-3-1)53-47-19-9-6-16-41(47)44-31-36(23-27-50(44)53)37-24-28-51-45(32-37)42-17-7-10-20-48(42)55(51)40-26-29-52-46(33-40)43-18-8-11-21-49(43)54(52)39-25-22-34-12-4-5-13-35(34)30-39/h1-33H. The minimum atomic E-state index is 1.16. The summed E-state index contributed by atoms with van der Waals surface area (Å²) in [6.07, 6.45) is 0. The highest BCUT2D eigenvalue weighted by Crippen LogP contribution is 2.40. The van der Waals surface area contributed by atoms with Gasteiger partial charge in [0.1, 0.15) is 0 Å². The molecule has 0 aliphatic carbocycles. The fraction of sp³-hybridized carbons (Fsp3) is 0. The van der Waals surface area contributed by atoms with Gasteiger partial charge in [0.2, 0.25) is 0 Å². The Labute approximate surface area is 317 Å². The van der Waals surface area contributed by atoms with E-state index in [9.17, 15) is 0 Å². The second kappa shape index (κ2) is 11.6. The first-order valence-corrected chi connectivity index (χ1v) is 18.9. The van der Waals surface area contributed by atoms with E-state index >= 15 is 0 Å². The Morgan fingerprint density at radius 2 is 0.618 bits per heavy atom. The van der Waals surface area contributed by atoms with Gasteiger partial charge in [-0.25, -0.2) is 0 Å². The molecule has 12 rings (SSSR count). The Morgan fingerprint density at radius 1 is 0.218 bits per heavy atom. The van der Waals surface area contributed by atoms with Crippen LogP contribution in [-0.4, -0.2) is 13.7 Å². The summed E-state index contributed by atoms with van der Waals surface area (Å²) in [6.45, 7) is 0. The number of nitrogens with zero attached hydrogens (tertiary/aromatic N) is 3. The monoisotopic (exact) mass is 699 g/mol. The number of para-hydroxylation sites is 4. The lowest BCUT2D eigenvalue weighted by atomic mass is 10.0. The van der Waals surface area contributed by atoms with Crippen molar-refractivity contribution in [2.24, 2.45) is 0 Å². The van der Waals surface area contributed by atoms with Crippen molar-refractivity contribution in [3.8, 4) is 28.2 Å². The van der Waals surface area contributed by atoms with Crippen LogP contribution in [0.2, 0.25) is 0 Å². The van der Waals surface area contributed by atoms with Crippen molar-refractivity contribution >= 4 is 76.2 Å². The minimum absolute atomic E-state index is 1.16. The van der Waals surface area contributed by atoms with E-state index in [4.69, 9.17) is 0 Å². The van der Waals surface area contributed by atoms with Gasteiger partial charge in [0.15, 0.2) is 0 Å². The van der Waals surface area contributed by atoms with Crippen molar-refractivity contribution in [2.45, 2.75) is 0 Å². The molecule has 0 N–H and O–H groups in total. The van der Waals surface area contributed by atoms with Crippen molar-refractivity contribution in [1.82, 2.24) is 13.7 Å². The third-order valence-electron chi connectivity index (χ3n) is 11.6. The van der Waals surface area contributed by atoms with Gasteiger partial charge in [0.05, 0.1) is 33.1 Å². The highest BCUT2D eigenvalue weighted by Gasteiger charge is 2.18. The Bertz CT molecular complexity index is 3490. The highest BCUT2D eigenvalue weighted by molar-refractivity contribution is 6.14. The normalized spacial score (nSPS) is 12.0. The van der Waals surface area contributed by atoms with Crippen molar-refractivity contribution in [3.63, 3.8) is 0 Å². The van der Waals surface area contributed by atoms with E-state index in [0.29, 0.717) is 0 Å². The average molecular weight is 700 g/mol. The van der Waals surface area contributed by atoms with Gasteiger partial charge in [0, 0.05) is 49.4 Å². The summed E-state index contributed by atoms with van der Waals surface area (Å²) in [4.78, 5) is 0. The molecule has 0 unspecified atom stereocenters. The van der Waals surface area contributed by atoms with E-state index in [1.807, 2.05) is 0 Å². The maximum atomic E-state index is 2.44. The molecular formula is C52H33N3.